The lowest BCUT2D eigenvalue weighted by molar-refractivity contribution is -0.134. The highest BCUT2D eigenvalue weighted by Crippen LogP contribution is 2.20. The summed E-state index contributed by atoms with van der Waals surface area (Å²) in [4.78, 5) is 16.9. The number of hydrogen-bond acceptors (Lipinski definition) is 3. The summed E-state index contributed by atoms with van der Waals surface area (Å²) < 4.78 is 0. The molecule has 0 saturated carbocycles. The summed E-state index contributed by atoms with van der Waals surface area (Å²) >= 11 is 0. The van der Waals surface area contributed by atoms with Crippen molar-refractivity contribution in [3.05, 3.63) is 35.9 Å². The molecule has 1 fully saturated rings. The van der Waals surface area contributed by atoms with Gasteiger partial charge in [0.15, 0.2) is 0 Å². The smallest absolute Gasteiger partial charge is 0.240 e. The van der Waals surface area contributed by atoms with Gasteiger partial charge in [-0.25, -0.2) is 0 Å². The fourth-order valence-corrected chi connectivity index (χ4v) is 2.76. The molecule has 138 valence electrons. The van der Waals surface area contributed by atoms with Crippen LogP contribution in [0.1, 0.15) is 32.8 Å². The third kappa shape index (κ3) is 6.60. The number of amides is 1. The number of carbonyl (C=O) groups is 1. The largest absolute Gasteiger partial charge is 0.340 e. The average Bonchev–Trinajstić information content (AvgIpc) is 2.71. The van der Waals surface area contributed by atoms with Crippen LogP contribution in [0.15, 0.2) is 30.3 Å². The Morgan fingerprint density at radius 2 is 1.71 bits per heavy atom. The third-order valence-electron chi connectivity index (χ3n) is 4.35. The van der Waals surface area contributed by atoms with E-state index in [0.29, 0.717) is 0 Å². The van der Waals surface area contributed by atoms with Crippen molar-refractivity contribution in [2.45, 2.75) is 39.8 Å². The molecule has 0 aromatic heterocycles. The first-order chi connectivity index (χ1) is 10.4. The van der Waals surface area contributed by atoms with Gasteiger partial charge in [0.05, 0.1) is 6.04 Å². The first kappa shape index (κ1) is 23.2. The Balaban J connectivity index is 0.00000264. The first-order valence-corrected chi connectivity index (χ1v) is 8.18. The van der Waals surface area contributed by atoms with Crippen molar-refractivity contribution in [2.24, 2.45) is 11.1 Å². The number of benzene rings is 1. The molecule has 1 aromatic rings. The number of carbonyl (C=O) groups excluding carboxylic acids is 1. The van der Waals surface area contributed by atoms with Gasteiger partial charge in [-0.1, -0.05) is 51.1 Å². The van der Waals surface area contributed by atoms with Crippen LogP contribution in [-0.4, -0.2) is 47.9 Å². The van der Waals surface area contributed by atoms with Gasteiger partial charge in [-0.15, -0.1) is 24.8 Å². The van der Waals surface area contributed by atoms with E-state index in [1.807, 2.05) is 31.7 Å². The summed E-state index contributed by atoms with van der Waals surface area (Å²) in [6, 6.07) is 10.1. The molecule has 0 spiro atoms. The molecular weight excluding hydrogens is 345 g/mol. The Kier molecular flexibility index (Phi) is 9.90. The summed E-state index contributed by atoms with van der Waals surface area (Å²) in [7, 11) is 0. The van der Waals surface area contributed by atoms with Crippen LogP contribution in [0.25, 0.3) is 0 Å². The summed E-state index contributed by atoms with van der Waals surface area (Å²) in [5.41, 5.74) is 7.27. The minimum absolute atomic E-state index is 0. The second-order valence-corrected chi connectivity index (χ2v) is 7.28. The van der Waals surface area contributed by atoms with Crippen LogP contribution in [0.3, 0.4) is 0 Å². The van der Waals surface area contributed by atoms with Crippen LogP contribution in [-0.2, 0) is 11.3 Å². The van der Waals surface area contributed by atoms with Crippen LogP contribution in [0.2, 0.25) is 0 Å². The van der Waals surface area contributed by atoms with E-state index in [1.165, 1.54) is 5.56 Å². The highest BCUT2D eigenvalue weighted by Gasteiger charge is 2.31. The predicted octanol–water partition coefficient (Wildman–Crippen LogP) is 2.94. The molecule has 1 saturated heterocycles. The fraction of sp³-hybridized carbons (Fsp3) is 0.611. The van der Waals surface area contributed by atoms with Crippen LogP contribution < -0.4 is 5.73 Å². The summed E-state index contributed by atoms with van der Waals surface area (Å²) in [5.74, 6) is 0.0917. The molecule has 0 unspecified atom stereocenters. The quantitative estimate of drug-likeness (QED) is 0.883. The molecule has 4 nitrogen and oxygen atoms in total. The van der Waals surface area contributed by atoms with Crippen molar-refractivity contribution in [3.8, 4) is 0 Å². The maximum absolute atomic E-state index is 12.5. The van der Waals surface area contributed by atoms with E-state index in [9.17, 15) is 4.79 Å². The molecular formula is C18H31Cl2N3O. The van der Waals surface area contributed by atoms with Crippen molar-refractivity contribution in [3.63, 3.8) is 0 Å². The van der Waals surface area contributed by atoms with Gasteiger partial charge in [0, 0.05) is 32.7 Å². The Hall–Kier alpha value is -0.810. The van der Waals surface area contributed by atoms with E-state index in [4.69, 9.17) is 5.73 Å². The Morgan fingerprint density at radius 3 is 2.29 bits per heavy atom. The van der Waals surface area contributed by atoms with Crippen molar-refractivity contribution >= 4 is 30.7 Å². The van der Waals surface area contributed by atoms with Gasteiger partial charge in [0.25, 0.3) is 0 Å². The lowest BCUT2D eigenvalue weighted by Gasteiger charge is -2.31. The summed E-state index contributed by atoms with van der Waals surface area (Å²) in [6.45, 7) is 10.6. The zero-order valence-electron chi connectivity index (χ0n) is 14.9. The highest BCUT2D eigenvalue weighted by molar-refractivity contribution is 5.85. The van der Waals surface area contributed by atoms with E-state index in [-0.39, 0.29) is 36.1 Å². The second-order valence-electron chi connectivity index (χ2n) is 7.28. The summed E-state index contributed by atoms with van der Waals surface area (Å²) in [6.07, 6.45) is 1.01. The van der Waals surface area contributed by atoms with Crippen molar-refractivity contribution in [2.75, 3.05) is 26.2 Å². The minimum Gasteiger partial charge on any atom is -0.340 e. The van der Waals surface area contributed by atoms with Crippen LogP contribution in [0, 0.1) is 5.41 Å². The van der Waals surface area contributed by atoms with Crippen LogP contribution in [0.5, 0.6) is 0 Å². The second kappa shape index (κ2) is 10.2. The number of rotatable bonds is 3. The van der Waals surface area contributed by atoms with E-state index in [1.54, 1.807) is 0 Å². The zero-order valence-corrected chi connectivity index (χ0v) is 16.5. The first-order valence-electron chi connectivity index (χ1n) is 8.18. The van der Waals surface area contributed by atoms with Gasteiger partial charge >= 0.3 is 0 Å². The maximum Gasteiger partial charge on any atom is 0.240 e. The van der Waals surface area contributed by atoms with Crippen LogP contribution >= 0.6 is 24.8 Å². The molecule has 2 N–H and O–H groups in total. The van der Waals surface area contributed by atoms with E-state index >= 15 is 0 Å². The van der Waals surface area contributed by atoms with Crippen LogP contribution in [0.4, 0.5) is 0 Å². The molecule has 0 bridgehead atoms. The predicted molar refractivity (Wildman–Crippen MR) is 105 cm³/mol. The number of hydrogen-bond donors (Lipinski definition) is 1. The fourth-order valence-electron chi connectivity index (χ4n) is 2.76. The number of nitrogens with zero attached hydrogens (tertiary/aromatic N) is 2. The molecule has 1 amide bonds. The Bertz CT molecular complexity index is 491. The number of halogens is 2. The van der Waals surface area contributed by atoms with E-state index < -0.39 is 6.04 Å². The lowest BCUT2D eigenvalue weighted by Crippen LogP contribution is -2.51. The number of nitrogens with two attached hydrogens (primary N) is 1. The van der Waals surface area contributed by atoms with Crippen molar-refractivity contribution < 1.29 is 4.79 Å². The molecule has 0 radical (unpaired) electrons. The monoisotopic (exact) mass is 375 g/mol. The van der Waals surface area contributed by atoms with Gasteiger partial charge in [-0.2, -0.15) is 0 Å². The van der Waals surface area contributed by atoms with Crippen molar-refractivity contribution in [1.29, 1.82) is 0 Å². The molecule has 6 heteroatoms. The summed E-state index contributed by atoms with van der Waals surface area (Å²) in [5, 5.41) is 0. The van der Waals surface area contributed by atoms with Gasteiger partial charge in [0.1, 0.15) is 0 Å². The topological polar surface area (TPSA) is 49.6 Å². The molecule has 24 heavy (non-hydrogen) atoms. The maximum atomic E-state index is 12.5. The SMILES string of the molecule is CC(C)(C)[C@H](N)C(=O)N1CCCN(Cc2ccccc2)CC1.Cl.Cl. The molecule has 2 rings (SSSR count). The Morgan fingerprint density at radius 1 is 1.08 bits per heavy atom. The molecule has 1 aromatic carbocycles. The van der Waals surface area contributed by atoms with Gasteiger partial charge in [0.2, 0.25) is 5.91 Å². The standard InChI is InChI=1S/C18H29N3O.2ClH/c1-18(2,3)16(19)17(22)21-11-7-10-20(12-13-21)14-15-8-5-4-6-9-15;;/h4-6,8-9,16H,7,10-14,19H2,1-3H3;2*1H/t16-;;/m1../s1. The highest BCUT2D eigenvalue weighted by atomic mass is 35.5. The Labute approximate surface area is 158 Å². The van der Waals surface area contributed by atoms with Gasteiger partial charge in [-0.05, 0) is 17.4 Å². The third-order valence-corrected chi connectivity index (χ3v) is 4.35. The normalized spacial score (nSPS) is 17.2. The molecule has 1 aliphatic heterocycles. The molecule has 1 aliphatic rings. The average molecular weight is 376 g/mol. The van der Waals surface area contributed by atoms with E-state index in [2.05, 4.69) is 29.2 Å². The molecule has 1 atom stereocenters. The zero-order chi connectivity index (χ0) is 16.2. The molecule has 1 heterocycles. The van der Waals surface area contributed by atoms with E-state index in [0.717, 1.165) is 39.1 Å². The molecule has 0 aliphatic carbocycles. The lowest BCUT2D eigenvalue weighted by atomic mass is 9.86. The van der Waals surface area contributed by atoms with Gasteiger partial charge in [-0.3, -0.25) is 9.69 Å². The van der Waals surface area contributed by atoms with Crippen molar-refractivity contribution in [1.82, 2.24) is 9.80 Å². The minimum atomic E-state index is -0.423. The van der Waals surface area contributed by atoms with Gasteiger partial charge < -0.3 is 10.6 Å².